The monoisotopic (exact) mass is 568 g/mol. The summed E-state index contributed by atoms with van der Waals surface area (Å²) in [5, 5.41) is 23.2. The quantitative estimate of drug-likeness (QED) is 0.117. The van der Waals surface area contributed by atoms with Gasteiger partial charge in [0.1, 0.15) is 5.75 Å². The van der Waals surface area contributed by atoms with Crippen LogP contribution in [0.4, 0.5) is 4.39 Å². The summed E-state index contributed by atoms with van der Waals surface area (Å²) >= 11 is 12.1. The second-order valence-electron chi connectivity index (χ2n) is 8.94. The summed E-state index contributed by atoms with van der Waals surface area (Å²) in [4.78, 5) is 25.8. The van der Waals surface area contributed by atoms with Crippen molar-refractivity contribution in [3.63, 3.8) is 0 Å². The number of oxime groups is 1. The number of hydrogen-bond donors (Lipinski definition) is 3. The summed E-state index contributed by atoms with van der Waals surface area (Å²) < 4.78 is 21.0. The summed E-state index contributed by atoms with van der Waals surface area (Å²) in [7, 11) is 0. The first kappa shape index (κ1) is 27.9. The van der Waals surface area contributed by atoms with E-state index in [0.717, 1.165) is 11.1 Å². The Bertz CT molecular complexity index is 1650. The average molecular weight is 569 g/mol. The summed E-state index contributed by atoms with van der Waals surface area (Å²) in [6, 6.07) is 15.4. The zero-order valence-corrected chi connectivity index (χ0v) is 22.3. The van der Waals surface area contributed by atoms with Crippen LogP contribution in [0.5, 0.6) is 11.5 Å². The number of halogens is 3. The second kappa shape index (κ2) is 11.7. The molecule has 0 aliphatic carbocycles. The second-order valence-corrected chi connectivity index (χ2v) is 9.79. The lowest BCUT2D eigenvalue weighted by Gasteiger charge is -2.22. The van der Waals surface area contributed by atoms with E-state index >= 15 is 4.39 Å². The van der Waals surface area contributed by atoms with Gasteiger partial charge in [0.2, 0.25) is 0 Å². The maximum atomic E-state index is 15.3. The molecule has 39 heavy (non-hydrogen) atoms. The summed E-state index contributed by atoms with van der Waals surface area (Å²) in [6.45, 7) is 3.52. The van der Waals surface area contributed by atoms with Crippen LogP contribution in [0.1, 0.15) is 50.5 Å². The summed E-state index contributed by atoms with van der Waals surface area (Å²) in [5.74, 6) is -2.38. The molecule has 0 aliphatic rings. The summed E-state index contributed by atoms with van der Waals surface area (Å²) in [6.07, 6.45) is 1.63. The van der Waals surface area contributed by atoms with E-state index in [0.29, 0.717) is 21.7 Å². The number of H-pyrrole nitrogens is 1. The van der Waals surface area contributed by atoms with E-state index in [1.165, 1.54) is 36.5 Å². The highest BCUT2D eigenvalue weighted by Crippen LogP contribution is 2.36. The highest BCUT2D eigenvalue weighted by atomic mass is 35.5. The number of hydrogen-bond acceptors (Lipinski definition) is 5. The number of nitrogens with one attached hydrogen (secondary N) is 1. The summed E-state index contributed by atoms with van der Waals surface area (Å²) in [5.41, 5.74) is 3.08. The lowest BCUT2D eigenvalue weighted by atomic mass is 9.83. The molecule has 0 spiro atoms. The molecule has 10 heteroatoms. The fourth-order valence-corrected chi connectivity index (χ4v) is 4.71. The molecular weight excluding hydrogens is 546 g/mol. The number of carboxylic acid groups (broad SMARTS) is 1. The molecular formula is C29H23Cl2FN2O5. The maximum Gasteiger partial charge on any atom is 0.337 e. The smallest absolute Gasteiger partial charge is 0.337 e. The highest BCUT2D eigenvalue weighted by molar-refractivity contribution is 6.33. The van der Waals surface area contributed by atoms with Gasteiger partial charge in [-0.05, 0) is 79.1 Å². The van der Waals surface area contributed by atoms with Crippen LogP contribution in [0, 0.1) is 19.7 Å². The molecule has 0 fully saturated rings. The van der Waals surface area contributed by atoms with Gasteiger partial charge in [0.05, 0.1) is 16.3 Å². The van der Waals surface area contributed by atoms with Crippen LogP contribution >= 0.6 is 23.2 Å². The number of benzene rings is 3. The van der Waals surface area contributed by atoms with Gasteiger partial charge in [0.25, 0.3) is 5.56 Å². The van der Waals surface area contributed by atoms with E-state index in [2.05, 4.69) is 10.1 Å². The minimum atomic E-state index is -1.23. The molecule has 0 radical (unpaired) electrons. The molecule has 0 saturated carbocycles. The molecule has 0 bridgehead atoms. The van der Waals surface area contributed by atoms with E-state index in [1.807, 2.05) is 13.0 Å². The fraction of sp³-hybridized carbons (Fsp3) is 0.138. The number of pyridine rings is 1. The Morgan fingerprint density at radius 2 is 1.82 bits per heavy atom. The van der Waals surface area contributed by atoms with Crippen molar-refractivity contribution in [2.75, 3.05) is 0 Å². The van der Waals surface area contributed by atoms with Gasteiger partial charge < -0.3 is 20.0 Å². The van der Waals surface area contributed by atoms with Crippen LogP contribution in [-0.4, -0.2) is 27.0 Å². The van der Waals surface area contributed by atoms with Crippen molar-refractivity contribution in [3.8, 4) is 11.5 Å². The predicted molar refractivity (Wildman–Crippen MR) is 148 cm³/mol. The van der Waals surface area contributed by atoms with E-state index in [-0.39, 0.29) is 39.8 Å². The average Bonchev–Trinajstić information content (AvgIpc) is 2.89. The molecule has 3 N–H and O–H groups in total. The van der Waals surface area contributed by atoms with Gasteiger partial charge in [-0.1, -0.05) is 40.5 Å². The van der Waals surface area contributed by atoms with Crippen LogP contribution in [-0.2, 0) is 0 Å². The number of carbonyl (C=O) groups is 1. The largest absolute Gasteiger partial charge is 0.478 e. The molecule has 1 atom stereocenters. The molecule has 4 rings (SSSR count). The van der Waals surface area contributed by atoms with E-state index in [1.54, 1.807) is 31.2 Å². The van der Waals surface area contributed by atoms with Crippen molar-refractivity contribution < 1.29 is 24.2 Å². The van der Waals surface area contributed by atoms with Crippen molar-refractivity contribution >= 4 is 34.9 Å². The molecule has 0 aliphatic heterocycles. The fourth-order valence-electron chi connectivity index (χ4n) is 4.29. The Kier molecular flexibility index (Phi) is 8.38. The lowest BCUT2D eigenvalue weighted by Crippen LogP contribution is -2.15. The van der Waals surface area contributed by atoms with Crippen molar-refractivity contribution in [3.05, 3.63) is 126 Å². The van der Waals surface area contributed by atoms with Gasteiger partial charge in [0, 0.05) is 34.7 Å². The Labute approximate surface area is 233 Å². The van der Waals surface area contributed by atoms with Gasteiger partial charge >= 0.3 is 5.97 Å². The molecule has 1 heterocycles. The highest BCUT2D eigenvalue weighted by Gasteiger charge is 2.23. The Balaban J connectivity index is 1.72. The standard InChI is InChI=1S/C29H23Cl2FN2O5/c1-15-10-19(30)4-6-21(15)22(13-26(34-38)18-9-16(2)28(35)33-14-18)17-3-8-27(25(32)11-17)39-20-5-7-24(31)23(12-20)29(36)37/h3-12,14,22,38H,13H2,1-2H3,(H,33,35)(H,36,37)/b34-26+. The number of aromatic amines is 1. The number of aryl methyl sites for hydroxylation is 2. The molecule has 7 nitrogen and oxygen atoms in total. The SMILES string of the molecule is Cc1cc(Cl)ccc1C(C/C(=N\O)c1c[nH]c(=O)c(C)c1)c1ccc(Oc2ccc(Cl)c(C(=O)O)c2)c(F)c1. The first-order valence-electron chi connectivity index (χ1n) is 11.7. The molecule has 0 saturated heterocycles. The number of carboxylic acids is 1. The zero-order chi connectivity index (χ0) is 28.3. The van der Waals surface area contributed by atoms with Crippen molar-refractivity contribution in [1.82, 2.24) is 4.98 Å². The van der Waals surface area contributed by atoms with Crippen LogP contribution < -0.4 is 10.3 Å². The van der Waals surface area contributed by atoms with Crippen LogP contribution in [0.15, 0.2) is 76.8 Å². The van der Waals surface area contributed by atoms with Crippen LogP contribution in [0.25, 0.3) is 0 Å². The number of nitrogens with zero attached hydrogens (tertiary/aromatic N) is 1. The minimum absolute atomic E-state index is 0.0332. The first-order chi connectivity index (χ1) is 18.6. The number of aromatic nitrogens is 1. The third-order valence-electron chi connectivity index (χ3n) is 6.30. The molecule has 4 aromatic rings. The van der Waals surface area contributed by atoms with E-state index in [4.69, 9.17) is 27.9 Å². The molecule has 0 amide bonds. The van der Waals surface area contributed by atoms with Crippen molar-refractivity contribution in [1.29, 1.82) is 0 Å². The Morgan fingerprint density at radius 1 is 1.05 bits per heavy atom. The van der Waals surface area contributed by atoms with Gasteiger partial charge in [0.15, 0.2) is 11.6 Å². The minimum Gasteiger partial charge on any atom is -0.478 e. The third kappa shape index (κ3) is 6.30. The maximum absolute atomic E-state index is 15.3. The zero-order valence-electron chi connectivity index (χ0n) is 20.8. The van der Waals surface area contributed by atoms with Gasteiger partial charge in [-0.3, -0.25) is 4.79 Å². The van der Waals surface area contributed by atoms with Gasteiger partial charge in [-0.2, -0.15) is 0 Å². The van der Waals surface area contributed by atoms with E-state index < -0.39 is 17.7 Å². The van der Waals surface area contributed by atoms with Crippen LogP contribution in [0.2, 0.25) is 10.0 Å². The predicted octanol–water partition coefficient (Wildman–Crippen LogP) is 7.33. The van der Waals surface area contributed by atoms with Gasteiger partial charge in [-0.25, -0.2) is 9.18 Å². The normalized spacial score (nSPS) is 12.3. The number of aromatic carboxylic acids is 1. The lowest BCUT2D eigenvalue weighted by molar-refractivity contribution is 0.0696. The Morgan fingerprint density at radius 3 is 2.46 bits per heavy atom. The molecule has 1 unspecified atom stereocenters. The van der Waals surface area contributed by atoms with E-state index in [9.17, 15) is 19.9 Å². The first-order valence-corrected chi connectivity index (χ1v) is 12.5. The van der Waals surface area contributed by atoms with Crippen molar-refractivity contribution in [2.24, 2.45) is 5.16 Å². The number of rotatable bonds is 8. The van der Waals surface area contributed by atoms with Gasteiger partial charge in [-0.15, -0.1) is 0 Å². The third-order valence-corrected chi connectivity index (χ3v) is 6.87. The van der Waals surface area contributed by atoms with Crippen molar-refractivity contribution in [2.45, 2.75) is 26.2 Å². The van der Waals surface area contributed by atoms with Crippen LogP contribution in [0.3, 0.4) is 0 Å². The molecule has 3 aromatic carbocycles. The number of ether oxygens (including phenoxy) is 1. The topological polar surface area (TPSA) is 112 Å². The molecule has 1 aromatic heterocycles. The molecule has 200 valence electrons. The Hall–Kier alpha value is -4.14.